The fourth-order valence-corrected chi connectivity index (χ4v) is 2.69. The van der Waals surface area contributed by atoms with Crippen LogP contribution in [0.15, 0.2) is 37.1 Å². The molecule has 3 aromatic heterocycles. The third kappa shape index (κ3) is 3.69. The second-order valence-corrected chi connectivity index (χ2v) is 5.62. The smallest absolute Gasteiger partial charge is 0.350 e. The lowest BCUT2D eigenvalue weighted by Gasteiger charge is -2.02. The van der Waals surface area contributed by atoms with Crippen LogP contribution in [0.4, 0.5) is 11.1 Å². The summed E-state index contributed by atoms with van der Waals surface area (Å²) in [4.78, 5) is 33.5. The summed E-state index contributed by atoms with van der Waals surface area (Å²) in [6.45, 7) is 2.28. The van der Waals surface area contributed by atoms with Gasteiger partial charge in [0.1, 0.15) is 16.3 Å². The van der Waals surface area contributed by atoms with Crippen molar-refractivity contribution in [1.29, 1.82) is 0 Å². The molecule has 3 aromatic rings. The Labute approximate surface area is 142 Å². The summed E-state index contributed by atoms with van der Waals surface area (Å²) in [6.07, 6.45) is 8.62. The highest BCUT2D eigenvalue weighted by Gasteiger charge is 2.22. The number of nitrogens with zero attached hydrogens (tertiary/aromatic N) is 5. The Morgan fingerprint density at radius 3 is 2.75 bits per heavy atom. The van der Waals surface area contributed by atoms with Crippen LogP contribution in [0.1, 0.15) is 23.0 Å². The third-order valence-corrected chi connectivity index (χ3v) is 3.79. The monoisotopic (exact) mass is 342 g/mol. The Kier molecular flexibility index (Phi) is 5.02. The molecular weight excluding hydrogens is 328 g/mol. The Balaban J connectivity index is 1.94. The molecule has 1 N–H and O–H groups in total. The summed E-state index contributed by atoms with van der Waals surface area (Å²) in [5, 5.41) is 3.45. The lowest BCUT2D eigenvalue weighted by molar-refractivity contribution is 0.0511. The summed E-state index contributed by atoms with van der Waals surface area (Å²) in [5.41, 5.74) is 0.923. The average Bonchev–Trinajstić information content (AvgIpc) is 3.05. The van der Waals surface area contributed by atoms with Crippen molar-refractivity contribution in [2.24, 2.45) is 0 Å². The molecule has 0 fully saturated rings. The van der Waals surface area contributed by atoms with Crippen LogP contribution >= 0.6 is 11.3 Å². The summed E-state index contributed by atoms with van der Waals surface area (Å²) in [7, 11) is 0. The van der Waals surface area contributed by atoms with E-state index in [-0.39, 0.29) is 0 Å². The van der Waals surface area contributed by atoms with Crippen LogP contribution < -0.4 is 5.32 Å². The Morgan fingerprint density at radius 2 is 2.04 bits per heavy atom. The number of nitrogens with one attached hydrogen (secondary N) is 1. The first-order valence-electron chi connectivity index (χ1n) is 7.26. The summed E-state index contributed by atoms with van der Waals surface area (Å²) in [5.74, 6) is -0.0394. The fourth-order valence-electron chi connectivity index (χ4n) is 1.83. The van der Waals surface area contributed by atoms with Crippen LogP contribution in [0.2, 0.25) is 0 Å². The van der Waals surface area contributed by atoms with E-state index in [1.54, 1.807) is 37.1 Å². The molecule has 8 nitrogen and oxygen atoms in total. The number of thiazole rings is 1. The maximum Gasteiger partial charge on any atom is 0.350 e. The number of carbonyl (C=O) groups is 1. The number of ether oxygens (including phenoxy) is 1. The van der Waals surface area contributed by atoms with Gasteiger partial charge in [-0.1, -0.05) is 18.3 Å². The van der Waals surface area contributed by atoms with E-state index in [1.807, 2.05) is 6.92 Å². The minimum absolute atomic E-state index is 0.348. The summed E-state index contributed by atoms with van der Waals surface area (Å²) >= 11 is 1.16. The lowest BCUT2D eigenvalue weighted by atomic mass is 10.3. The molecular formula is C15H14N6O2S. The van der Waals surface area contributed by atoms with E-state index in [4.69, 9.17) is 4.74 Å². The quantitative estimate of drug-likeness (QED) is 0.682. The standard InChI is InChI=1S/C15H14N6O2S/c1-2-8-23-13(22)12-11(10-9-16-6-7-17-10)20-15(24-12)21-14-18-4-3-5-19-14/h3-7,9H,2,8H2,1H3,(H,18,19,20,21). The number of carbonyl (C=O) groups excluding carboxylic acids is 1. The minimum atomic E-state index is -0.433. The maximum atomic E-state index is 12.3. The van der Waals surface area contributed by atoms with E-state index >= 15 is 0 Å². The number of hydrogen-bond donors (Lipinski definition) is 1. The third-order valence-electron chi connectivity index (χ3n) is 2.84. The van der Waals surface area contributed by atoms with Gasteiger partial charge in [-0.2, -0.15) is 0 Å². The zero-order valence-corrected chi connectivity index (χ0v) is 13.7. The van der Waals surface area contributed by atoms with Crippen LogP contribution in [-0.4, -0.2) is 37.5 Å². The van der Waals surface area contributed by atoms with Gasteiger partial charge in [-0.3, -0.25) is 9.97 Å². The van der Waals surface area contributed by atoms with E-state index in [1.165, 1.54) is 0 Å². The molecule has 0 amide bonds. The van der Waals surface area contributed by atoms with Crippen LogP contribution in [0, 0.1) is 0 Å². The second kappa shape index (κ2) is 7.55. The molecule has 0 radical (unpaired) electrons. The highest BCUT2D eigenvalue weighted by molar-refractivity contribution is 7.18. The van der Waals surface area contributed by atoms with E-state index in [2.05, 4.69) is 30.2 Å². The van der Waals surface area contributed by atoms with Crippen molar-refractivity contribution < 1.29 is 9.53 Å². The molecule has 0 unspecified atom stereocenters. The molecule has 0 atom stereocenters. The van der Waals surface area contributed by atoms with Gasteiger partial charge in [0, 0.05) is 24.8 Å². The molecule has 0 bridgehead atoms. The van der Waals surface area contributed by atoms with Crippen molar-refractivity contribution in [2.45, 2.75) is 13.3 Å². The summed E-state index contributed by atoms with van der Waals surface area (Å²) in [6, 6.07) is 1.71. The maximum absolute atomic E-state index is 12.3. The number of rotatable bonds is 6. The minimum Gasteiger partial charge on any atom is -0.461 e. The predicted octanol–water partition coefficient (Wildman–Crippen LogP) is 2.70. The topological polar surface area (TPSA) is 103 Å². The molecule has 3 heterocycles. The molecule has 0 aliphatic rings. The second-order valence-electron chi connectivity index (χ2n) is 4.62. The Hall–Kier alpha value is -2.94. The first kappa shape index (κ1) is 15.9. The van der Waals surface area contributed by atoms with Gasteiger partial charge in [0.2, 0.25) is 5.95 Å². The van der Waals surface area contributed by atoms with Crippen LogP contribution in [0.3, 0.4) is 0 Å². The van der Waals surface area contributed by atoms with Crippen LogP contribution in [-0.2, 0) is 4.74 Å². The van der Waals surface area contributed by atoms with Gasteiger partial charge in [0.05, 0.1) is 12.8 Å². The summed E-state index contributed by atoms with van der Waals surface area (Å²) < 4.78 is 5.23. The number of anilines is 2. The average molecular weight is 342 g/mol. The van der Waals surface area contributed by atoms with Gasteiger partial charge in [-0.25, -0.2) is 19.7 Å². The van der Waals surface area contributed by atoms with Crippen LogP contribution in [0.5, 0.6) is 0 Å². The van der Waals surface area contributed by atoms with Crippen molar-refractivity contribution in [2.75, 3.05) is 11.9 Å². The highest BCUT2D eigenvalue weighted by Crippen LogP contribution is 2.31. The van der Waals surface area contributed by atoms with Gasteiger partial charge in [-0.05, 0) is 12.5 Å². The van der Waals surface area contributed by atoms with Crippen molar-refractivity contribution in [3.8, 4) is 11.4 Å². The SMILES string of the molecule is CCCOC(=O)c1sc(Nc2ncccn2)nc1-c1cnccn1. The van der Waals surface area contributed by atoms with Gasteiger partial charge in [0.25, 0.3) is 0 Å². The van der Waals surface area contributed by atoms with Gasteiger partial charge in [0.15, 0.2) is 5.13 Å². The molecule has 0 saturated heterocycles. The van der Waals surface area contributed by atoms with Crippen LogP contribution in [0.25, 0.3) is 11.4 Å². The van der Waals surface area contributed by atoms with Gasteiger partial charge >= 0.3 is 5.97 Å². The van der Waals surface area contributed by atoms with Crippen molar-refractivity contribution in [3.05, 3.63) is 41.9 Å². The largest absolute Gasteiger partial charge is 0.461 e. The molecule has 0 aliphatic carbocycles. The van der Waals surface area contributed by atoms with E-state index < -0.39 is 5.97 Å². The molecule has 0 aromatic carbocycles. The molecule has 0 saturated carbocycles. The van der Waals surface area contributed by atoms with E-state index in [9.17, 15) is 4.79 Å². The molecule has 3 rings (SSSR count). The number of aromatic nitrogens is 5. The van der Waals surface area contributed by atoms with Crippen molar-refractivity contribution in [3.63, 3.8) is 0 Å². The highest BCUT2D eigenvalue weighted by atomic mass is 32.1. The van der Waals surface area contributed by atoms with Gasteiger partial charge in [-0.15, -0.1) is 0 Å². The molecule has 122 valence electrons. The zero-order chi connectivity index (χ0) is 16.8. The first-order valence-corrected chi connectivity index (χ1v) is 8.08. The Bertz CT molecular complexity index is 809. The van der Waals surface area contributed by atoms with Crippen molar-refractivity contribution in [1.82, 2.24) is 24.9 Å². The normalized spacial score (nSPS) is 10.4. The zero-order valence-electron chi connectivity index (χ0n) is 12.8. The molecule has 9 heteroatoms. The first-order chi connectivity index (χ1) is 11.8. The van der Waals surface area contributed by atoms with Crippen molar-refractivity contribution >= 4 is 28.4 Å². The molecule has 0 aliphatic heterocycles. The fraction of sp³-hybridized carbons (Fsp3) is 0.200. The van der Waals surface area contributed by atoms with E-state index in [0.717, 1.165) is 17.8 Å². The predicted molar refractivity (Wildman–Crippen MR) is 89.0 cm³/mol. The van der Waals surface area contributed by atoms with Gasteiger partial charge < -0.3 is 10.1 Å². The molecule has 0 spiro atoms. The lowest BCUT2D eigenvalue weighted by Crippen LogP contribution is -2.05. The number of esters is 1. The molecule has 24 heavy (non-hydrogen) atoms. The van der Waals surface area contributed by atoms with E-state index in [0.29, 0.717) is 34.0 Å². The Morgan fingerprint density at radius 1 is 1.21 bits per heavy atom. The number of hydrogen-bond acceptors (Lipinski definition) is 9.